The summed E-state index contributed by atoms with van der Waals surface area (Å²) in [5.74, 6) is 0. The zero-order chi connectivity index (χ0) is 14.9. The number of piperazine rings is 1. The van der Waals surface area contributed by atoms with Gasteiger partial charge in [0.05, 0.1) is 5.56 Å². The monoisotopic (exact) mass is 287 g/mol. The quantitative estimate of drug-likeness (QED) is 0.906. The third-order valence-electron chi connectivity index (χ3n) is 3.94. The summed E-state index contributed by atoms with van der Waals surface area (Å²) in [6.07, 6.45) is -4.36. The number of anilines is 1. The number of likely N-dealkylation sites (N-methyl/N-ethyl adjacent to an activating group) is 1. The van der Waals surface area contributed by atoms with E-state index in [9.17, 15) is 13.2 Å². The Morgan fingerprint density at radius 1 is 1.30 bits per heavy atom. The molecule has 1 aliphatic rings. The molecule has 1 unspecified atom stereocenters. The van der Waals surface area contributed by atoms with Crippen LogP contribution in [0.2, 0.25) is 0 Å². The molecule has 0 radical (unpaired) electrons. The third kappa shape index (κ3) is 3.07. The molecule has 1 fully saturated rings. The molecule has 6 heteroatoms. The van der Waals surface area contributed by atoms with Gasteiger partial charge in [-0.1, -0.05) is 6.07 Å². The average molecular weight is 287 g/mol. The maximum absolute atomic E-state index is 13.0. The number of halogens is 3. The van der Waals surface area contributed by atoms with Crippen LogP contribution in [0.25, 0.3) is 0 Å². The minimum Gasteiger partial charge on any atom is -0.369 e. The Morgan fingerprint density at radius 3 is 2.55 bits per heavy atom. The van der Waals surface area contributed by atoms with Crippen molar-refractivity contribution in [2.75, 3.05) is 31.6 Å². The Bertz CT molecular complexity index is 473. The molecule has 1 aromatic carbocycles. The van der Waals surface area contributed by atoms with Crippen molar-refractivity contribution in [2.24, 2.45) is 5.73 Å². The van der Waals surface area contributed by atoms with Gasteiger partial charge in [-0.15, -0.1) is 0 Å². The van der Waals surface area contributed by atoms with Gasteiger partial charge in [0.25, 0.3) is 0 Å². The van der Waals surface area contributed by atoms with Gasteiger partial charge in [0, 0.05) is 37.9 Å². The molecule has 1 atom stereocenters. The van der Waals surface area contributed by atoms with Gasteiger partial charge in [0.2, 0.25) is 0 Å². The first kappa shape index (κ1) is 15.1. The molecule has 1 saturated heterocycles. The number of hydrogen-bond donors (Lipinski definition) is 1. The van der Waals surface area contributed by atoms with Crippen molar-refractivity contribution >= 4 is 5.69 Å². The maximum Gasteiger partial charge on any atom is 0.416 e. The Hall–Kier alpha value is -1.27. The smallest absolute Gasteiger partial charge is 0.369 e. The van der Waals surface area contributed by atoms with Crippen molar-refractivity contribution in [3.8, 4) is 0 Å². The van der Waals surface area contributed by atoms with Gasteiger partial charge in [-0.05, 0) is 31.7 Å². The van der Waals surface area contributed by atoms with Crippen LogP contribution in [-0.4, -0.2) is 37.6 Å². The van der Waals surface area contributed by atoms with E-state index in [1.54, 1.807) is 6.07 Å². The summed E-state index contributed by atoms with van der Waals surface area (Å²) >= 11 is 0. The molecular formula is C14H20F3N3. The summed E-state index contributed by atoms with van der Waals surface area (Å²) in [7, 11) is 2.03. The van der Waals surface area contributed by atoms with E-state index in [1.165, 1.54) is 12.1 Å². The summed E-state index contributed by atoms with van der Waals surface area (Å²) in [5, 5.41) is 0. The van der Waals surface area contributed by atoms with Crippen LogP contribution < -0.4 is 10.6 Å². The van der Waals surface area contributed by atoms with Crippen LogP contribution in [0.1, 0.15) is 18.1 Å². The molecule has 0 aliphatic carbocycles. The van der Waals surface area contributed by atoms with Gasteiger partial charge in [0.15, 0.2) is 0 Å². The molecule has 20 heavy (non-hydrogen) atoms. The van der Waals surface area contributed by atoms with Gasteiger partial charge in [-0.2, -0.15) is 13.2 Å². The Morgan fingerprint density at radius 2 is 2.00 bits per heavy atom. The van der Waals surface area contributed by atoms with Crippen LogP contribution in [0.5, 0.6) is 0 Å². The SMILES string of the molecule is CC1CN(c2ccc(CN)c(C(F)(F)F)c2)CCN1C. The highest BCUT2D eigenvalue weighted by Gasteiger charge is 2.34. The average Bonchev–Trinajstić information content (AvgIpc) is 2.40. The fourth-order valence-electron chi connectivity index (χ4n) is 2.49. The van der Waals surface area contributed by atoms with Crippen LogP contribution in [0, 0.1) is 0 Å². The van der Waals surface area contributed by atoms with E-state index in [0.717, 1.165) is 19.6 Å². The number of nitrogens with zero attached hydrogens (tertiary/aromatic N) is 2. The minimum absolute atomic E-state index is 0.103. The van der Waals surface area contributed by atoms with Gasteiger partial charge in [-0.25, -0.2) is 0 Å². The van der Waals surface area contributed by atoms with Crippen LogP contribution >= 0.6 is 0 Å². The molecular weight excluding hydrogens is 267 g/mol. The minimum atomic E-state index is -4.36. The molecule has 3 nitrogen and oxygen atoms in total. The lowest BCUT2D eigenvalue weighted by Crippen LogP contribution is -2.50. The maximum atomic E-state index is 13.0. The molecule has 0 saturated carbocycles. The number of hydrogen-bond acceptors (Lipinski definition) is 3. The Balaban J connectivity index is 2.30. The van der Waals surface area contributed by atoms with Crippen LogP contribution in [0.15, 0.2) is 18.2 Å². The second-order valence-corrected chi connectivity index (χ2v) is 5.32. The van der Waals surface area contributed by atoms with Crippen molar-refractivity contribution in [3.05, 3.63) is 29.3 Å². The molecule has 1 heterocycles. The van der Waals surface area contributed by atoms with Crippen molar-refractivity contribution in [2.45, 2.75) is 25.7 Å². The Labute approximate surface area is 117 Å². The van der Waals surface area contributed by atoms with E-state index < -0.39 is 11.7 Å². The highest BCUT2D eigenvalue weighted by atomic mass is 19.4. The topological polar surface area (TPSA) is 32.5 Å². The van der Waals surface area contributed by atoms with Gasteiger partial charge in [-0.3, -0.25) is 0 Å². The van der Waals surface area contributed by atoms with Crippen molar-refractivity contribution in [1.29, 1.82) is 0 Å². The van der Waals surface area contributed by atoms with Gasteiger partial charge >= 0.3 is 6.18 Å². The van der Waals surface area contributed by atoms with E-state index in [0.29, 0.717) is 11.7 Å². The van der Waals surface area contributed by atoms with E-state index in [4.69, 9.17) is 5.73 Å². The van der Waals surface area contributed by atoms with E-state index in [-0.39, 0.29) is 12.1 Å². The fraction of sp³-hybridized carbons (Fsp3) is 0.571. The molecule has 1 aromatic rings. The summed E-state index contributed by atoms with van der Waals surface area (Å²) < 4.78 is 39.1. The lowest BCUT2D eigenvalue weighted by Gasteiger charge is -2.39. The fourth-order valence-corrected chi connectivity index (χ4v) is 2.49. The molecule has 0 spiro atoms. The normalized spacial score (nSPS) is 21.3. The predicted octanol–water partition coefficient (Wildman–Crippen LogP) is 2.30. The first-order valence-electron chi connectivity index (χ1n) is 6.68. The van der Waals surface area contributed by atoms with Crippen molar-refractivity contribution < 1.29 is 13.2 Å². The molecule has 2 N–H and O–H groups in total. The zero-order valence-electron chi connectivity index (χ0n) is 11.7. The van der Waals surface area contributed by atoms with Crippen molar-refractivity contribution in [3.63, 3.8) is 0 Å². The number of alkyl halides is 3. The van der Waals surface area contributed by atoms with E-state index >= 15 is 0 Å². The lowest BCUT2D eigenvalue weighted by atomic mass is 10.0. The number of nitrogens with two attached hydrogens (primary N) is 1. The Kier molecular flexibility index (Phi) is 4.25. The number of rotatable bonds is 2. The molecule has 0 amide bonds. The van der Waals surface area contributed by atoms with Crippen molar-refractivity contribution in [1.82, 2.24) is 4.90 Å². The number of benzene rings is 1. The van der Waals surface area contributed by atoms with E-state index in [2.05, 4.69) is 11.8 Å². The first-order chi connectivity index (χ1) is 9.32. The molecule has 2 rings (SSSR count). The largest absolute Gasteiger partial charge is 0.416 e. The zero-order valence-corrected chi connectivity index (χ0v) is 11.7. The summed E-state index contributed by atoms with van der Waals surface area (Å²) in [5.41, 5.74) is 5.54. The summed E-state index contributed by atoms with van der Waals surface area (Å²) in [6, 6.07) is 4.77. The summed E-state index contributed by atoms with van der Waals surface area (Å²) in [6.45, 7) is 4.29. The third-order valence-corrected chi connectivity index (χ3v) is 3.94. The molecule has 1 aliphatic heterocycles. The van der Waals surface area contributed by atoms with Crippen LogP contribution in [0.3, 0.4) is 0 Å². The predicted molar refractivity (Wildman–Crippen MR) is 73.6 cm³/mol. The second-order valence-electron chi connectivity index (χ2n) is 5.32. The first-order valence-corrected chi connectivity index (χ1v) is 6.68. The molecule has 112 valence electrons. The van der Waals surface area contributed by atoms with Crippen LogP contribution in [0.4, 0.5) is 18.9 Å². The highest BCUT2D eigenvalue weighted by molar-refractivity contribution is 5.52. The highest BCUT2D eigenvalue weighted by Crippen LogP contribution is 2.34. The van der Waals surface area contributed by atoms with Crippen LogP contribution in [-0.2, 0) is 12.7 Å². The standard InChI is InChI=1S/C14H20F3N3/c1-10-9-20(6-5-19(10)2)12-4-3-11(8-18)13(7-12)14(15,16)17/h3-4,7,10H,5-6,8-9,18H2,1-2H3. The summed E-state index contributed by atoms with van der Waals surface area (Å²) in [4.78, 5) is 4.20. The lowest BCUT2D eigenvalue weighted by molar-refractivity contribution is -0.138. The second kappa shape index (κ2) is 5.61. The molecule has 0 bridgehead atoms. The van der Waals surface area contributed by atoms with E-state index in [1.807, 2.05) is 11.9 Å². The molecule has 0 aromatic heterocycles. The van der Waals surface area contributed by atoms with Gasteiger partial charge < -0.3 is 15.5 Å². The van der Waals surface area contributed by atoms with Gasteiger partial charge in [0.1, 0.15) is 0 Å².